The van der Waals surface area contributed by atoms with Crippen molar-refractivity contribution in [1.82, 2.24) is 0 Å². The van der Waals surface area contributed by atoms with Gasteiger partial charge in [0.15, 0.2) is 0 Å². The zero-order chi connectivity index (χ0) is 22.8. The van der Waals surface area contributed by atoms with Crippen LogP contribution in [0, 0.1) is 0 Å². The Balaban J connectivity index is -0.000000293. The van der Waals surface area contributed by atoms with Crippen LogP contribution in [-0.4, -0.2) is 13.2 Å². The molecule has 0 heterocycles. The van der Waals surface area contributed by atoms with Crippen molar-refractivity contribution in [2.75, 3.05) is 13.2 Å². The fourth-order valence-corrected chi connectivity index (χ4v) is 3.49. The molecule has 0 aromatic heterocycles. The molecule has 9 heteroatoms. The predicted octanol–water partition coefficient (Wildman–Crippen LogP) is -2.97. The molecule has 0 aliphatic carbocycles. The molecule has 0 bridgehead atoms. The SMILES string of the molecule is CCCCCCCCCCCCOCCCCCCCCCCCC.O=P([O-])([O-])[O-].[Na+].[Na+].[Na+]. The average Bonchev–Trinajstić information content (AvgIpc) is 2.68. The van der Waals surface area contributed by atoms with Gasteiger partial charge in [-0.2, -0.15) is 7.82 Å². The molecule has 0 atom stereocenters. The zero-order valence-corrected chi connectivity index (χ0v) is 29.9. The monoisotopic (exact) mass is 518 g/mol. The molecule has 5 nitrogen and oxygen atoms in total. The molecule has 0 aliphatic heterocycles. The third-order valence-corrected chi connectivity index (χ3v) is 5.28. The van der Waals surface area contributed by atoms with E-state index in [1.165, 1.54) is 128 Å². The quantitative estimate of drug-likeness (QED) is 0.0867. The molecule has 33 heavy (non-hydrogen) atoms. The molecule has 0 amide bonds. The fraction of sp³-hybridized carbons (Fsp3) is 1.00. The first-order chi connectivity index (χ1) is 14.4. The zero-order valence-electron chi connectivity index (χ0n) is 23.0. The molecule has 0 N–H and O–H groups in total. The maximum absolute atomic E-state index is 8.55. The van der Waals surface area contributed by atoms with Crippen LogP contribution in [0.2, 0.25) is 0 Å². The summed E-state index contributed by atoms with van der Waals surface area (Å²) in [4.78, 5) is 25.6. The van der Waals surface area contributed by atoms with Crippen LogP contribution in [0.25, 0.3) is 0 Å². The summed E-state index contributed by atoms with van der Waals surface area (Å²) in [5, 5.41) is 0. The number of hydrogen-bond donors (Lipinski definition) is 0. The number of ether oxygens (including phenoxy) is 1. The summed E-state index contributed by atoms with van der Waals surface area (Å²) >= 11 is 0. The van der Waals surface area contributed by atoms with Crippen molar-refractivity contribution in [1.29, 1.82) is 0 Å². The van der Waals surface area contributed by atoms with Crippen LogP contribution >= 0.6 is 7.82 Å². The molecule has 184 valence electrons. The standard InChI is InChI=1S/C24H50O.3Na.H3O4P/c1-3-5-7-9-11-13-15-17-19-21-23-25-24-22-20-18-16-14-12-10-8-6-4-2;;;;1-5(2,3)4/h3-24H2,1-2H3;;;;(H3,1,2,3,4)/q;3*+1;/p-3. The summed E-state index contributed by atoms with van der Waals surface area (Å²) in [5.74, 6) is 0. The maximum atomic E-state index is 8.55. The van der Waals surface area contributed by atoms with Crippen molar-refractivity contribution in [3.63, 3.8) is 0 Å². The van der Waals surface area contributed by atoms with Gasteiger partial charge in [-0.15, -0.1) is 0 Å². The molecule has 0 aromatic rings. The summed E-state index contributed by atoms with van der Waals surface area (Å²) in [5.41, 5.74) is 0. The van der Waals surface area contributed by atoms with Crippen LogP contribution < -0.4 is 103 Å². The van der Waals surface area contributed by atoms with Gasteiger partial charge in [-0.1, -0.05) is 129 Å². The molecule has 0 aliphatic rings. The predicted molar refractivity (Wildman–Crippen MR) is 122 cm³/mol. The Morgan fingerprint density at radius 3 is 0.848 bits per heavy atom. The second kappa shape index (κ2) is 39.6. The van der Waals surface area contributed by atoms with E-state index >= 15 is 0 Å². The number of hydrogen-bond acceptors (Lipinski definition) is 5. The first-order valence-electron chi connectivity index (χ1n) is 12.7. The molecule has 0 saturated carbocycles. The van der Waals surface area contributed by atoms with E-state index in [1.807, 2.05) is 0 Å². The Morgan fingerprint density at radius 2 is 0.636 bits per heavy atom. The van der Waals surface area contributed by atoms with E-state index in [0.29, 0.717) is 0 Å². The minimum Gasteiger partial charge on any atom is -0.822 e. The fourth-order valence-electron chi connectivity index (χ4n) is 3.49. The normalized spacial score (nSPS) is 10.3. The number of phosphoric acid groups is 1. The van der Waals surface area contributed by atoms with Crippen LogP contribution in [0.3, 0.4) is 0 Å². The van der Waals surface area contributed by atoms with Gasteiger partial charge in [-0.25, -0.2) is 0 Å². The minimum atomic E-state index is -5.39. The Kier molecular flexibility index (Phi) is 55.1. The van der Waals surface area contributed by atoms with Crippen LogP contribution in [0.1, 0.15) is 142 Å². The van der Waals surface area contributed by atoms with E-state index in [1.54, 1.807) is 0 Å². The summed E-state index contributed by atoms with van der Waals surface area (Å²) in [6.45, 7) is 6.57. The Morgan fingerprint density at radius 1 is 0.455 bits per heavy atom. The molecule has 0 aromatic carbocycles. The van der Waals surface area contributed by atoms with Crippen LogP contribution in [0.15, 0.2) is 0 Å². The second-order valence-electron chi connectivity index (χ2n) is 8.42. The summed E-state index contributed by atoms with van der Waals surface area (Å²) in [6.07, 6.45) is 28.2. The third-order valence-electron chi connectivity index (χ3n) is 5.28. The van der Waals surface area contributed by atoms with Crippen LogP contribution in [0.4, 0.5) is 0 Å². The maximum Gasteiger partial charge on any atom is 1.00 e. The van der Waals surface area contributed by atoms with Crippen molar-refractivity contribution in [2.45, 2.75) is 142 Å². The van der Waals surface area contributed by atoms with Gasteiger partial charge in [0.2, 0.25) is 0 Å². The van der Waals surface area contributed by atoms with Gasteiger partial charge >= 0.3 is 88.7 Å². The second-order valence-corrected chi connectivity index (χ2v) is 9.32. The van der Waals surface area contributed by atoms with Gasteiger partial charge in [-0.3, -0.25) is 0 Å². The van der Waals surface area contributed by atoms with Crippen LogP contribution in [0.5, 0.6) is 0 Å². The van der Waals surface area contributed by atoms with Crippen molar-refractivity contribution in [3.05, 3.63) is 0 Å². The Hall–Kier alpha value is 3.07. The summed E-state index contributed by atoms with van der Waals surface area (Å²) in [7, 11) is -5.39. The van der Waals surface area contributed by atoms with Crippen molar-refractivity contribution < 1.29 is 113 Å². The molecule has 0 rings (SSSR count). The van der Waals surface area contributed by atoms with Crippen molar-refractivity contribution in [2.24, 2.45) is 0 Å². The third kappa shape index (κ3) is 61.0. The topological polar surface area (TPSA) is 95.5 Å². The Labute approximate surface area is 272 Å². The van der Waals surface area contributed by atoms with Crippen LogP contribution in [-0.2, 0) is 9.30 Å². The minimum absolute atomic E-state index is 0. The van der Waals surface area contributed by atoms with E-state index in [-0.39, 0.29) is 88.7 Å². The van der Waals surface area contributed by atoms with E-state index in [4.69, 9.17) is 24.0 Å². The van der Waals surface area contributed by atoms with Gasteiger partial charge in [0.25, 0.3) is 0 Å². The van der Waals surface area contributed by atoms with Gasteiger partial charge in [0, 0.05) is 13.2 Å². The van der Waals surface area contributed by atoms with Gasteiger partial charge in [0.1, 0.15) is 0 Å². The molecule has 0 radical (unpaired) electrons. The Bertz CT molecular complexity index is 331. The first kappa shape index (κ1) is 46.0. The molecule has 0 fully saturated rings. The summed E-state index contributed by atoms with van der Waals surface area (Å²) < 4.78 is 14.3. The van der Waals surface area contributed by atoms with E-state index in [2.05, 4.69) is 13.8 Å². The van der Waals surface area contributed by atoms with Gasteiger partial charge in [0.05, 0.1) is 0 Å². The smallest absolute Gasteiger partial charge is 0.822 e. The van der Waals surface area contributed by atoms with E-state index < -0.39 is 7.82 Å². The molecule has 0 unspecified atom stereocenters. The molecule has 0 saturated heterocycles. The first-order valence-corrected chi connectivity index (χ1v) is 14.2. The van der Waals surface area contributed by atoms with Gasteiger partial charge < -0.3 is 24.0 Å². The number of rotatable bonds is 22. The molecule has 0 spiro atoms. The summed E-state index contributed by atoms with van der Waals surface area (Å²) in [6, 6.07) is 0. The van der Waals surface area contributed by atoms with E-state index in [0.717, 1.165) is 13.2 Å². The van der Waals surface area contributed by atoms with Crippen molar-refractivity contribution >= 4 is 7.82 Å². The van der Waals surface area contributed by atoms with Crippen molar-refractivity contribution in [3.8, 4) is 0 Å². The largest absolute Gasteiger partial charge is 1.00 e. The van der Waals surface area contributed by atoms with Gasteiger partial charge in [-0.05, 0) is 12.8 Å². The number of unbranched alkanes of at least 4 members (excludes halogenated alkanes) is 18. The van der Waals surface area contributed by atoms with E-state index in [9.17, 15) is 0 Å². The average molecular weight is 519 g/mol. The molecular formula is C24H50Na3O5P. The molecular weight excluding hydrogens is 468 g/mol.